The number of aromatic nitrogens is 3. The number of rotatable bonds is 2. The molecule has 0 atom stereocenters. The summed E-state index contributed by atoms with van der Waals surface area (Å²) < 4.78 is 0. The van der Waals surface area contributed by atoms with Gasteiger partial charge in [0, 0.05) is 17.1 Å². The van der Waals surface area contributed by atoms with Crippen molar-refractivity contribution in [2.45, 2.75) is 19.0 Å². The normalized spacial score (nSPS) is 11.1. The number of hydrogen-bond donors (Lipinski definition) is 1. The van der Waals surface area contributed by atoms with E-state index in [2.05, 4.69) is 47.0 Å². The zero-order chi connectivity index (χ0) is 13.4. The first-order valence-electron chi connectivity index (χ1n) is 6.16. The summed E-state index contributed by atoms with van der Waals surface area (Å²) in [4.78, 5) is 12.3. The van der Waals surface area contributed by atoms with Crippen molar-refractivity contribution in [3.63, 3.8) is 0 Å². The lowest BCUT2D eigenvalue weighted by atomic mass is 10.0. The highest BCUT2D eigenvalue weighted by Gasteiger charge is 2.12. The molecule has 0 aliphatic carbocycles. The molecule has 0 aliphatic heterocycles. The van der Waals surface area contributed by atoms with Gasteiger partial charge in [-0.25, -0.2) is 9.97 Å². The summed E-state index contributed by atoms with van der Waals surface area (Å²) in [6.45, 7) is 4.23. The Bertz CT molecular complexity index is 746. The van der Waals surface area contributed by atoms with Crippen LogP contribution >= 0.6 is 11.8 Å². The molecule has 4 heteroatoms. The van der Waals surface area contributed by atoms with E-state index < -0.39 is 0 Å². The van der Waals surface area contributed by atoms with Gasteiger partial charge in [0.15, 0.2) is 5.16 Å². The van der Waals surface area contributed by atoms with Gasteiger partial charge in [-0.15, -0.1) is 0 Å². The highest BCUT2D eigenvalue weighted by Crippen LogP contribution is 2.30. The number of nitrogens with zero attached hydrogens (tertiary/aromatic N) is 2. The number of thioether (sulfide) groups is 1. The average Bonchev–Trinajstić information content (AvgIpc) is 2.86. The molecule has 1 aromatic carbocycles. The van der Waals surface area contributed by atoms with Crippen molar-refractivity contribution >= 4 is 22.8 Å². The van der Waals surface area contributed by atoms with Crippen molar-refractivity contribution in [2.75, 3.05) is 6.26 Å². The zero-order valence-corrected chi connectivity index (χ0v) is 12.0. The number of H-pyrrole nitrogens is 1. The third-order valence-electron chi connectivity index (χ3n) is 3.21. The molecule has 0 fully saturated rings. The van der Waals surface area contributed by atoms with Gasteiger partial charge in [-0.3, -0.25) is 0 Å². The summed E-state index contributed by atoms with van der Waals surface area (Å²) in [5.74, 6) is 0. The predicted octanol–water partition coefficient (Wildman–Crippen LogP) is 3.96. The zero-order valence-electron chi connectivity index (χ0n) is 11.2. The van der Waals surface area contributed by atoms with Crippen molar-refractivity contribution in [3.8, 4) is 11.3 Å². The average molecular weight is 269 g/mol. The lowest BCUT2D eigenvalue weighted by Crippen LogP contribution is -1.94. The Hall–Kier alpha value is -1.81. The fourth-order valence-electron chi connectivity index (χ4n) is 2.30. The second kappa shape index (κ2) is 4.70. The molecular weight excluding hydrogens is 254 g/mol. The van der Waals surface area contributed by atoms with E-state index in [0.29, 0.717) is 0 Å². The first-order valence-corrected chi connectivity index (χ1v) is 7.38. The van der Waals surface area contributed by atoms with Crippen LogP contribution < -0.4 is 0 Å². The SMILES string of the molecule is CSc1nc(-c2ccc(C)cc2C)c2cc[nH]c2n1. The molecule has 2 aromatic heterocycles. The van der Waals surface area contributed by atoms with E-state index in [9.17, 15) is 0 Å². The van der Waals surface area contributed by atoms with E-state index in [1.165, 1.54) is 16.7 Å². The van der Waals surface area contributed by atoms with Gasteiger partial charge in [0.25, 0.3) is 0 Å². The van der Waals surface area contributed by atoms with Crippen molar-refractivity contribution in [3.05, 3.63) is 41.6 Å². The molecule has 0 radical (unpaired) electrons. The number of fused-ring (bicyclic) bond motifs is 1. The highest BCUT2D eigenvalue weighted by atomic mass is 32.2. The first-order chi connectivity index (χ1) is 9.19. The molecule has 0 amide bonds. The van der Waals surface area contributed by atoms with E-state index in [1.807, 2.05) is 18.5 Å². The summed E-state index contributed by atoms with van der Waals surface area (Å²) >= 11 is 1.56. The third kappa shape index (κ3) is 2.12. The van der Waals surface area contributed by atoms with Crippen LogP contribution in [0.25, 0.3) is 22.3 Å². The number of benzene rings is 1. The maximum absolute atomic E-state index is 4.68. The Morgan fingerprint density at radius 3 is 2.68 bits per heavy atom. The highest BCUT2D eigenvalue weighted by molar-refractivity contribution is 7.98. The minimum absolute atomic E-state index is 0.796. The molecule has 0 unspecified atom stereocenters. The standard InChI is InChI=1S/C15H15N3S/c1-9-4-5-11(10(2)8-9)13-12-6-7-16-14(12)18-15(17-13)19-3/h4-8H,1-3H3,(H,16,17,18). The summed E-state index contributed by atoms with van der Waals surface area (Å²) in [6, 6.07) is 8.49. The van der Waals surface area contributed by atoms with Crippen LogP contribution in [0.1, 0.15) is 11.1 Å². The van der Waals surface area contributed by atoms with Crippen molar-refractivity contribution in [1.82, 2.24) is 15.0 Å². The van der Waals surface area contributed by atoms with Crippen molar-refractivity contribution in [2.24, 2.45) is 0 Å². The fourth-order valence-corrected chi connectivity index (χ4v) is 2.66. The topological polar surface area (TPSA) is 41.6 Å². The van der Waals surface area contributed by atoms with Gasteiger partial charge in [-0.05, 0) is 31.7 Å². The number of aryl methyl sites for hydroxylation is 2. The number of aromatic amines is 1. The third-order valence-corrected chi connectivity index (χ3v) is 3.76. The van der Waals surface area contributed by atoms with Gasteiger partial charge in [0.1, 0.15) is 5.65 Å². The largest absolute Gasteiger partial charge is 0.346 e. The second-order valence-electron chi connectivity index (χ2n) is 4.62. The van der Waals surface area contributed by atoms with Gasteiger partial charge in [-0.1, -0.05) is 35.5 Å². The van der Waals surface area contributed by atoms with E-state index in [-0.39, 0.29) is 0 Å². The Balaban J connectivity index is 2.31. The molecule has 0 saturated heterocycles. The van der Waals surface area contributed by atoms with Crippen LogP contribution in [0.3, 0.4) is 0 Å². The number of hydrogen-bond acceptors (Lipinski definition) is 3. The van der Waals surface area contributed by atoms with Gasteiger partial charge >= 0.3 is 0 Å². The summed E-state index contributed by atoms with van der Waals surface area (Å²) in [7, 11) is 0. The van der Waals surface area contributed by atoms with Crippen molar-refractivity contribution in [1.29, 1.82) is 0 Å². The lowest BCUT2D eigenvalue weighted by Gasteiger charge is -2.08. The quantitative estimate of drug-likeness (QED) is 0.565. The van der Waals surface area contributed by atoms with Crippen molar-refractivity contribution < 1.29 is 0 Å². The van der Waals surface area contributed by atoms with Gasteiger partial charge in [0.2, 0.25) is 0 Å². The first kappa shape index (κ1) is 12.2. The molecule has 3 rings (SSSR count). The minimum Gasteiger partial charge on any atom is -0.346 e. The number of nitrogens with one attached hydrogen (secondary N) is 1. The van der Waals surface area contributed by atoms with E-state index in [4.69, 9.17) is 0 Å². The second-order valence-corrected chi connectivity index (χ2v) is 5.39. The van der Waals surface area contributed by atoms with Crippen LogP contribution in [-0.2, 0) is 0 Å². The van der Waals surface area contributed by atoms with Crippen LogP contribution in [-0.4, -0.2) is 21.2 Å². The maximum atomic E-state index is 4.68. The predicted molar refractivity (Wildman–Crippen MR) is 80.6 cm³/mol. The molecular formula is C15H15N3S. The molecule has 0 saturated carbocycles. The molecule has 3 nitrogen and oxygen atoms in total. The smallest absolute Gasteiger partial charge is 0.189 e. The Labute approximate surface area is 116 Å². The van der Waals surface area contributed by atoms with Gasteiger partial charge in [0.05, 0.1) is 5.69 Å². The Kier molecular flexibility index (Phi) is 3.03. The van der Waals surface area contributed by atoms with Crippen LogP contribution in [0.15, 0.2) is 35.6 Å². The monoisotopic (exact) mass is 269 g/mol. The minimum atomic E-state index is 0.796. The van der Waals surface area contributed by atoms with E-state index in [1.54, 1.807) is 11.8 Å². The summed E-state index contributed by atoms with van der Waals surface area (Å²) in [6.07, 6.45) is 3.91. The van der Waals surface area contributed by atoms with E-state index >= 15 is 0 Å². The van der Waals surface area contributed by atoms with Gasteiger partial charge < -0.3 is 4.98 Å². The lowest BCUT2D eigenvalue weighted by molar-refractivity contribution is 1.00. The van der Waals surface area contributed by atoms with Crippen LogP contribution in [0.5, 0.6) is 0 Å². The fraction of sp³-hybridized carbons (Fsp3) is 0.200. The van der Waals surface area contributed by atoms with Crippen LogP contribution in [0.4, 0.5) is 0 Å². The van der Waals surface area contributed by atoms with Crippen LogP contribution in [0.2, 0.25) is 0 Å². The molecule has 19 heavy (non-hydrogen) atoms. The molecule has 3 aromatic rings. The van der Waals surface area contributed by atoms with Crippen LogP contribution in [0, 0.1) is 13.8 Å². The molecule has 1 N–H and O–H groups in total. The maximum Gasteiger partial charge on any atom is 0.189 e. The Morgan fingerprint density at radius 2 is 1.95 bits per heavy atom. The van der Waals surface area contributed by atoms with Gasteiger partial charge in [-0.2, -0.15) is 0 Å². The summed E-state index contributed by atoms with van der Waals surface area (Å²) in [5, 5.41) is 1.87. The molecule has 2 heterocycles. The molecule has 0 bridgehead atoms. The Morgan fingerprint density at radius 1 is 1.11 bits per heavy atom. The molecule has 0 spiro atoms. The summed E-state index contributed by atoms with van der Waals surface area (Å²) in [5.41, 5.74) is 5.59. The van der Waals surface area contributed by atoms with E-state index in [0.717, 1.165) is 21.9 Å². The molecule has 0 aliphatic rings. The molecule has 96 valence electrons.